The Morgan fingerprint density at radius 2 is 1.92 bits per heavy atom. The van der Waals surface area contributed by atoms with Gasteiger partial charge in [0, 0.05) is 19.1 Å². The van der Waals surface area contributed by atoms with Gasteiger partial charge in [-0.15, -0.1) is 0 Å². The van der Waals surface area contributed by atoms with Crippen molar-refractivity contribution in [1.82, 2.24) is 4.90 Å². The van der Waals surface area contributed by atoms with Crippen LogP contribution >= 0.6 is 0 Å². The third kappa shape index (κ3) is 1.75. The van der Waals surface area contributed by atoms with Crippen molar-refractivity contribution in [2.75, 3.05) is 19.7 Å². The van der Waals surface area contributed by atoms with Gasteiger partial charge in [-0.25, -0.2) is 0 Å². The van der Waals surface area contributed by atoms with Crippen LogP contribution in [0.15, 0.2) is 0 Å². The maximum absolute atomic E-state index is 5.69. The lowest BCUT2D eigenvalue weighted by atomic mass is 9.84. The van der Waals surface area contributed by atoms with Crippen LogP contribution in [-0.4, -0.2) is 36.2 Å². The minimum absolute atomic E-state index is 0.323. The van der Waals surface area contributed by atoms with Crippen LogP contribution in [0.2, 0.25) is 0 Å². The largest absolute Gasteiger partial charge is 0.375 e. The molecule has 0 aromatic rings. The Hall–Kier alpha value is -0.0800. The van der Waals surface area contributed by atoms with Crippen molar-refractivity contribution >= 4 is 0 Å². The van der Waals surface area contributed by atoms with Crippen LogP contribution in [0.1, 0.15) is 39.5 Å². The van der Waals surface area contributed by atoms with Crippen LogP contribution < -0.4 is 0 Å². The predicted molar refractivity (Wildman–Crippen MR) is 53.9 cm³/mol. The molecule has 1 spiro atoms. The fourth-order valence-corrected chi connectivity index (χ4v) is 2.42. The van der Waals surface area contributed by atoms with Crippen molar-refractivity contribution in [1.29, 1.82) is 0 Å². The fourth-order valence-electron chi connectivity index (χ4n) is 2.42. The minimum Gasteiger partial charge on any atom is -0.375 e. The zero-order chi connectivity index (χ0) is 9.31. The van der Waals surface area contributed by atoms with Gasteiger partial charge >= 0.3 is 0 Å². The third-order valence-corrected chi connectivity index (χ3v) is 3.89. The zero-order valence-electron chi connectivity index (χ0n) is 8.88. The molecule has 2 rings (SSSR count). The molecule has 2 heteroatoms. The highest BCUT2D eigenvalue weighted by Crippen LogP contribution is 2.37. The van der Waals surface area contributed by atoms with E-state index in [4.69, 9.17) is 4.74 Å². The van der Waals surface area contributed by atoms with E-state index in [0.717, 1.165) is 12.6 Å². The highest BCUT2D eigenvalue weighted by molar-refractivity contribution is 4.93. The van der Waals surface area contributed by atoms with E-state index in [1.807, 2.05) is 0 Å². The van der Waals surface area contributed by atoms with Crippen LogP contribution in [0.3, 0.4) is 0 Å². The summed E-state index contributed by atoms with van der Waals surface area (Å²) in [5.74, 6) is 0. The number of ether oxygens (including phenoxy) is 1. The SMILES string of the molecule is CCC(C)N1CCC2(CCO2)CC1. The van der Waals surface area contributed by atoms with Gasteiger partial charge in [-0.3, -0.25) is 0 Å². The van der Waals surface area contributed by atoms with Crippen molar-refractivity contribution in [3.63, 3.8) is 0 Å². The van der Waals surface area contributed by atoms with Crippen LogP contribution in [0.4, 0.5) is 0 Å². The van der Waals surface area contributed by atoms with Crippen molar-refractivity contribution in [3.05, 3.63) is 0 Å². The van der Waals surface area contributed by atoms with Gasteiger partial charge in [-0.2, -0.15) is 0 Å². The molecule has 0 bridgehead atoms. The average molecular weight is 183 g/mol. The van der Waals surface area contributed by atoms with E-state index in [9.17, 15) is 0 Å². The van der Waals surface area contributed by atoms with E-state index in [1.54, 1.807) is 0 Å². The Morgan fingerprint density at radius 1 is 1.31 bits per heavy atom. The number of likely N-dealkylation sites (tertiary alicyclic amines) is 1. The molecule has 0 amide bonds. The van der Waals surface area contributed by atoms with E-state index in [1.165, 1.54) is 38.8 Å². The zero-order valence-corrected chi connectivity index (χ0v) is 8.88. The van der Waals surface area contributed by atoms with E-state index >= 15 is 0 Å². The molecule has 0 radical (unpaired) electrons. The van der Waals surface area contributed by atoms with Crippen molar-refractivity contribution in [3.8, 4) is 0 Å². The van der Waals surface area contributed by atoms with E-state index in [0.29, 0.717) is 5.60 Å². The second-order valence-electron chi connectivity index (χ2n) is 4.57. The molecule has 0 N–H and O–H groups in total. The smallest absolute Gasteiger partial charge is 0.0728 e. The first kappa shape index (κ1) is 9.47. The molecular formula is C11H21NO. The molecule has 2 aliphatic rings. The lowest BCUT2D eigenvalue weighted by molar-refractivity contribution is -0.174. The first-order valence-electron chi connectivity index (χ1n) is 5.64. The molecule has 2 aliphatic heterocycles. The summed E-state index contributed by atoms with van der Waals surface area (Å²) in [6, 6.07) is 0.762. The van der Waals surface area contributed by atoms with Gasteiger partial charge < -0.3 is 9.64 Å². The van der Waals surface area contributed by atoms with Crippen molar-refractivity contribution in [2.45, 2.75) is 51.2 Å². The van der Waals surface area contributed by atoms with Crippen LogP contribution in [-0.2, 0) is 4.74 Å². The average Bonchev–Trinajstić information content (AvgIpc) is 2.14. The molecular weight excluding hydrogens is 162 g/mol. The number of nitrogens with zero attached hydrogens (tertiary/aromatic N) is 1. The monoisotopic (exact) mass is 183 g/mol. The van der Waals surface area contributed by atoms with E-state index in [2.05, 4.69) is 18.7 Å². The summed E-state index contributed by atoms with van der Waals surface area (Å²) in [6.07, 6.45) is 5.10. The molecule has 76 valence electrons. The summed E-state index contributed by atoms with van der Waals surface area (Å²) in [7, 11) is 0. The second kappa shape index (κ2) is 3.58. The van der Waals surface area contributed by atoms with Gasteiger partial charge in [0.05, 0.1) is 12.2 Å². The molecule has 1 unspecified atom stereocenters. The number of hydrogen-bond donors (Lipinski definition) is 0. The summed E-state index contributed by atoms with van der Waals surface area (Å²) in [5.41, 5.74) is 0.323. The predicted octanol–water partition coefficient (Wildman–Crippen LogP) is 2.04. The van der Waals surface area contributed by atoms with Crippen molar-refractivity contribution in [2.24, 2.45) is 0 Å². The number of piperidine rings is 1. The van der Waals surface area contributed by atoms with Gasteiger partial charge in [0.2, 0.25) is 0 Å². The molecule has 13 heavy (non-hydrogen) atoms. The Kier molecular flexibility index (Phi) is 2.61. The first-order valence-corrected chi connectivity index (χ1v) is 5.64. The Labute approximate surface area is 81.3 Å². The van der Waals surface area contributed by atoms with Crippen LogP contribution in [0.5, 0.6) is 0 Å². The van der Waals surface area contributed by atoms with Crippen LogP contribution in [0, 0.1) is 0 Å². The molecule has 1 atom stereocenters. The number of rotatable bonds is 2. The Balaban J connectivity index is 1.82. The van der Waals surface area contributed by atoms with Gasteiger partial charge in [-0.1, -0.05) is 6.92 Å². The molecule has 0 aliphatic carbocycles. The summed E-state index contributed by atoms with van der Waals surface area (Å²) in [6.45, 7) is 8.10. The maximum atomic E-state index is 5.69. The van der Waals surface area contributed by atoms with E-state index < -0.39 is 0 Å². The van der Waals surface area contributed by atoms with Gasteiger partial charge in [0.25, 0.3) is 0 Å². The van der Waals surface area contributed by atoms with Gasteiger partial charge in [-0.05, 0) is 32.6 Å². The van der Waals surface area contributed by atoms with E-state index in [-0.39, 0.29) is 0 Å². The lowest BCUT2D eigenvalue weighted by Crippen LogP contribution is -2.53. The normalized spacial score (nSPS) is 30.0. The van der Waals surface area contributed by atoms with Gasteiger partial charge in [0.15, 0.2) is 0 Å². The molecule has 2 saturated heterocycles. The summed E-state index contributed by atoms with van der Waals surface area (Å²) >= 11 is 0. The molecule has 2 fully saturated rings. The molecule has 0 saturated carbocycles. The lowest BCUT2D eigenvalue weighted by Gasteiger charge is -2.48. The molecule has 2 nitrogen and oxygen atoms in total. The topological polar surface area (TPSA) is 12.5 Å². The molecule has 0 aromatic heterocycles. The summed E-state index contributed by atoms with van der Waals surface area (Å²) in [5, 5.41) is 0. The van der Waals surface area contributed by atoms with Crippen LogP contribution in [0.25, 0.3) is 0 Å². The molecule has 2 heterocycles. The maximum Gasteiger partial charge on any atom is 0.0728 e. The minimum atomic E-state index is 0.323. The van der Waals surface area contributed by atoms with Gasteiger partial charge in [0.1, 0.15) is 0 Å². The quantitative estimate of drug-likeness (QED) is 0.649. The first-order chi connectivity index (χ1) is 6.26. The van der Waals surface area contributed by atoms with Crippen molar-refractivity contribution < 1.29 is 4.74 Å². The Morgan fingerprint density at radius 3 is 2.31 bits per heavy atom. The molecule has 0 aromatic carbocycles. The third-order valence-electron chi connectivity index (χ3n) is 3.89. The highest BCUT2D eigenvalue weighted by atomic mass is 16.5. The Bertz CT molecular complexity index is 167. The second-order valence-corrected chi connectivity index (χ2v) is 4.57. The standard InChI is InChI=1S/C11H21NO/c1-3-10(2)12-7-4-11(5-8-12)6-9-13-11/h10H,3-9H2,1-2H3. The summed E-state index contributed by atoms with van der Waals surface area (Å²) in [4.78, 5) is 2.60. The fraction of sp³-hybridized carbons (Fsp3) is 1.00. The highest BCUT2D eigenvalue weighted by Gasteiger charge is 2.41. The summed E-state index contributed by atoms with van der Waals surface area (Å²) < 4.78 is 5.69. The number of hydrogen-bond acceptors (Lipinski definition) is 2.